The Kier molecular flexibility index (Phi) is 5.10. The monoisotopic (exact) mass is 338 g/mol. The summed E-state index contributed by atoms with van der Waals surface area (Å²) in [6.45, 7) is 0. The lowest BCUT2D eigenvalue weighted by molar-refractivity contribution is 0.585. The highest BCUT2D eigenvalue weighted by atomic mass is 19.1. The quantitative estimate of drug-likeness (QED) is 0.607. The molecule has 4 rings (SSSR count). The predicted molar refractivity (Wildman–Crippen MR) is 87.0 cm³/mol. The second-order valence-corrected chi connectivity index (χ2v) is 4.80. The summed E-state index contributed by atoms with van der Waals surface area (Å²) in [5.74, 6) is -0.587. The van der Waals surface area contributed by atoms with Gasteiger partial charge >= 0.3 is 0 Å². The van der Waals surface area contributed by atoms with E-state index in [1.807, 2.05) is 18.2 Å². The third-order valence-electron chi connectivity index (χ3n) is 3.12. The van der Waals surface area contributed by atoms with Gasteiger partial charge in [-0.2, -0.15) is 0 Å². The molecule has 3 heterocycles. The molecule has 0 amide bonds. The van der Waals surface area contributed by atoms with Gasteiger partial charge in [-0.05, 0) is 46.8 Å². The number of nitrogens with one attached hydrogen (secondary N) is 1. The van der Waals surface area contributed by atoms with Crippen molar-refractivity contribution >= 4 is 0 Å². The maximum absolute atomic E-state index is 13.3. The molecule has 1 aromatic carbocycles. The molecule has 0 aliphatic heterocycles. The molecule has 6 nitrogen and oxygen atoms in total. The zero-order valence-electron chi connectivity index (χ0n) is 12.8. The van der Waals surface area contributed by atoms with E-state index in [-0.39, 0.29) is 0 Å². The first-order valence-electron chi connectivity index (χ1n) is 7.25. The van der Waals surface area contributed by atoms with Crippen LogP contribution in [0.4, 0.5) is 8.78 Å². The van der Waals surface area contributed by atoms with Gasteiger partial charge in [-0.3, -0.25) is 9.97 Å². The first-order chi connectivity index (χ1) is 12.2. The number of tetrazole rings is 1. The fraction of sp³-hybridized carbons (Fsp3) is 0. The maximum atomic E-state index is 13.3. The summed E-state index contributed by atoms with van der Waals surface area (Å²) in [6.07, 6.45) is 3.26. The van der Waals surface area contributed by atoms with Gasteiger partial charge in [-0.1, -0.05) is 12.1 Å². The minimum atomic E-state index is -0.594. The number of hydrogen-bond donors (Lipinski definition) is 1. The summed E-state index contributed by atoms with van der Waals surface area (Å²) < 4.78 is 25.9. The molecule has 124 valence electrons. The maximum Gasteiger partial charge on any atom is 0.198 e. The molecule has 0 aliphatic carbocycles. The SMILES string of the molecule is Fc1ccc(-c2ccccn2)c(F)c1.c1ccc(-c2nnn[nH]2)nc1. The molecule has 0 saturated heterocycles. The third kappa shape index (κ3) is 4.25. The van der Waals surface area contributed by atoms with Crippen molar-refractivity contribution in [2.24, 2.45) is 0 Å². The average Bonchev–Trinajstić information content (AvgIpc) is 3.19. The molecule has 3 aromatic heterocycles. The lowest BCUT2D eigenvalue weighted by Gasteiger charge is -2.01. The third-order valence-corrected chi connectivity index (χ3v) is 3.12. The van der Waals surface area contributed by atoms with Crippen LogP contribution < -0.4 is 0 Å². The van der Waals surface area contributed by atoms with Crippen LogP contribution >= 0.6 is 0 Å². The number of H-pyrrole nitrogens is 1. The van der Waals surface area contributed by atoms with Crippen molar-refractivity contribution in [3.8, 4) is 22.8 Å². The second-order valence-electron chi connectivity index (χ2n) is 4.80. The van der Waals surface area contributed by atoms with Crippen LogP contribution in [-0.2, 0) is 0 Å². The molecular formula is C17H12F2N6. The highest BCUT2D eigenvalue weighted by Gasteiger charge is 2.06. The summed E-state index contributed by atoms with van der Waals surface area (Å²) in [5, 5.41) is 13.2. The zero-order chi connectivity index (χ0) is 17.5. The standard InChI is InChI=1S/C11H7F2N.C6H5N5/c12-8-4-5-9(10(13)7-8)11-3-1-2-6-14-11;1-2-4-7-5(3-1)6-8-10-11-9-6/h1-7H;1-4H,(H,8,9,10,11). The molecule has 1 N–H and O–H groups in total. The first kappa shape index (κ1) is 16.3. The molecule has 0 bridgehead atoms. The molecule has 0 spiro atoms. The van der Waals surface area contributed by atoms with Gasteiger partial charge < -0.3 is 0 Å². The van der Waals surface area contributed by atoms with Gasteiger partial charge in [0.25, 0.3) is 0 Å². The van der Waals surface area contributed by atoms with Crippen LogP contribution in [0.3, 0.4) is 0 Å². The number of aromatic nitrogens is 6. The topological polar surface area (TPSA) is 80.2 Å². The second kappa shape index (κ2) is 7.82. The number of benzene rings is 1. The number of rotatable bonds is 2. The van der Waals surface area contributed by atoms with Gasteiger partial charge in [0.1, 0.15) is 17.3 Å². The molecule has 0 saturated carbocycles. The van der Waals surface area contributed by atoms with Crippen LogP contribution in [0.2, 0.25) is 0 Å². The largest absolute Gasteiger partial charge is 0.256 e. The van der Waals surface area contributed by atoms with Crippen molar-refractivity contribution in [3.63, 3.8) is 0 Å². The summed E-state index contributed by atoms with van der Waals surface area (Å²) in [5.41, 5.74) is 1.56. The Morgan fingerprint density at radius 2 is 1.52 bits per heavy atom. The Balaban J connectivity index is 0.000000150. The van der Waals surface area contributed by atoms with Crippen molar-refractivity contribution in [1.82, 2.24) is 30.6 Å². The fourth-order valence-electron chi connectivity index (χ4n) is 1.99. The van der Waals surface area contributed by atoms with Gasteiger partial charge in [-0.25, -0.2) is 13.9 Å². The summed E-state index contributed by atoms with van der Waals surface area (Å²) in [7, 11) is 0. The normalized spacial score (nSPS) is 10.0. The van der Waals surface area contributed by atoms with Crippen molar-refractivity contribution in [1.29, 1.82) is 0 Å². The van der Waals surface area contributed by atoms with Crippen molar-refractivity contribution in [2.75, 3.05) is 0 Å². The highest BCUT2D eigenvalue weighted by Crippen LogP contribution is 2.20. The molecule has 0 fully saturated rings. The first-order valence-corrected chi connectivity index (χ1v) is 7.25. The van der Waals surface area contributed by atoms with E-state index in [0.29, 0.717) is 17.1 Å². The lowest BCUT2D eigenvalue weighted by Crippen LogP contribution is -1.88. The van der Waals surface area contributed by atoms with E-state index >= 15 is 0 Å². The van der Waals surface area contributed by atoms with E-state index < -0.39 is 11.6 Å². The summed E-state index contributed by atoms with van der Waals surface area (Å²) in [6, 6.07) is 14.2. The Morgan fingerprint density at radius 3 is 2.08 bits per heavy atom. The van der Waals surface area contributed by atoms with E-state index in [2.05, 4.69) is 30.6 Å². The molecule has 0 aliphatic rings. The van der Waals surface area contributed by atoms with Crippen LogP contribution in [0.25, 0.3) is 22.8 Å². The van der Waals surface area contributed by atoms with Crippen LogP contribution in [0, 0.1) is 11.6 Å². The Bertz CT molecular complexity index is 915. The van der Waals surface area contributed by atoms with Gasteiger partial charge in [-0.15, -0.1) is 5.10 Å². The lowest BCUT2D eigenvalue weighted by atomic mass is 10.1. The molecule has 0 unspecified atom stereocenters. The number of pyridine rings is 2. The van der Waals surface area contributed by atoms with E-state index in [9.17, 15) is 8.78 Å². The number of hydrogen-bond acceptors (Lipinski definition) is 5. The van der Waals surface area contributed by atoms with Crippen molar-refractivity contribution in [3.05, 3.63) is 78.6 Å². The fourth-order valence-corrected chi connectivity index (χ4v) is 1.99. The van der Waals surface area contributed by atoms with Crippen LogP contribution in [-0.4, -0.2) is 30.6 Å². The molecule has 0 radical (unpaired) electrons. The van der Waals surface area contributed by atoms with Gasteiger partial charge in [0.2, 0.25) is 0 Å². The summed E-state index contributed by atoms with van der Waals surface area (Å²) >= 11 is 0. The van der Waals surface area contributed by atoms with Crippen LogP contribution in [0.5, 0.6) is 0 Å². The zero-order valence-corrected chi connectivity index (χ0v) is 12.8. The average molecular weight is 338 g/mol. The molecular weight excluding hydrogens is 326 g/mol. The minimum Gasteiger partial charge on any atom is -0.256 e. The number of halogens is 2. The van der Waals surface area contributed by atoms with Crippen LogP contribution in [0.1, 0.15) is 0 Å². The van der Waals surface area contributed by atoms with Gasteiger partial charge in [0.15, 0.2) is 5.82 Å². The number of nitrogens with zero attached hydrogens (tertiary/aromatic N) is 5. The molecule has 4 aromatic rings. The minimum absolute atomic E-state index is 0.312. The Morgan fingerprint density at radius 1 is 0.800 bits per heavy atom. The predicted octanol–water partition coefficient (Wildman–Crippen LogP) is 3.29. The highest BCUT2D eigenvalue weighted by molar-refractivity contribution is 5.59. The van der Waals surface area contributed by atoms with Gasteiger partial charge in [0, 0.05) is 24.0 Å². The smallest absolute Gasteiger partial charge is 0.198 e. The van der Waals surface area contributed by atoms with E-state index in [4.69, 9.17) is 0 Å². The number of aromatic amines is 1. The Labute approximate surface area is 141 Å². The van der Waals surface area contributed by atoms with Crippen LogP contribution in [0.15, 0.2) is 67.0 Å². The Hall–Kier alpha value is -3.55. The van der Waals surface area contributed by atoms with Gasteiger partial charge in [0.05, 0.1) is 5.69 Å². The van der Waals surface area contributed by atoms with E-state index in [1.54, 1.807) is 30.6 Å². The van der Waals surface area contributed by atoms with E-state index in [1.165, 1.54) is 12.1 Å². The molecule has 25 heavy (non-hydrogen) atoms. The summed E-state index contributed by atoms with van der Waals surface area (Å²) in [4.78, 5) is 8.02. The molecule has 8 heteroatoms. The van der Waals surface area contributed by atoms with Crippen molar-refractivity contribution in [2.45, 2.75) is 0 Å². The van der Waals surface area contributed by atoms with E-state index in [0.717, 1.165) is 11.8 Å². The molecule has 0 atom stereocenters. The van der Waals surface area contributed by atoms with Crippen molar-refractivity contribution < 1.29 is 8.78 Å².